The quantitative estimate of drug-likeness (QED) is 0.829. The number of nitrogens with zero attached hydrogens (tertiary/aromatic N) is 1. The summed E-state index contributed by atoms with van der Waals surface area (Å²) in [7, 11) is 0. The van der Waals surface area contributed by atoms with Gasteiger partial charge in [0, 0.05) is 6.54 Å². The topological polar surface area (TPSA) is 50.9 Å². The van der Waals surface area contributed by atoms with Gasteiger partial charge in [0.15, 0.2) is 0 Å². The first-order valence-corrected chi connectivity index (χ1v) is 5.78. The lowest BCUT2D eigenvalue weighted by Gasteiger charge is -2.25. The predicted octanol–water partition coefficient (Wildman–Crippen LogP) is 2.92. The van der Waals surface area contributed by atoms with Gasteiger partial charge in [0.2, 0.25) is 0 Å². The maximum atomic E-state index is 5.99. The minimum Gasteiger partial charge on any atom is -0.397 e. The van der Waals surface area contributed by atoms with Crippen LogP contribution in [-0.4, -0.2) is 11.5 Å². The summed E-state index contributed by atoms with van der Waals surface area (Å²) in [5, 5.41) is 3.84. The number of anilines is 2. The SMILES string of the molecule is Nc1cnc(NCCC2CCC2)c(Cl)c1. The van der Waals surface area contributed by atoms with Gasteiger partial charge >= 0.3 is 0 Å². The van der Waals surface area contributed by atoms with Crippen molar-refractivity contribution in [2.45, 2.75) is 25.7 Å². The number of nitrogens with one attached hydrogen (secondary N) is 1. The molecule has 1 heterocycles. The third-order valence-electron chi connectivity index (χ3n) is 2.93. The van der Waals surface area contributed by atoms with Crippen molar-refractivity contribution in [3.05, 3.63) is 17.3 Å². The third-order valence-corrected chi connectivity index (χ3v) is 3.22. The van der Waals surface area contributed by atoms with Gasteiger partial charge in [-0.15, -0.1) is 0 Å². The van der Waals surface area contributed by atoms with Crippen LogP contribution >= 0.6 is 11.6 Å². The molecular weight excluding hydrogens is 210 g/mol. The first-order valence-electron chi connectivity index (χ1n) is 5.40. The molecule has 2 rings (SSSR count). The Bertz CT molecular complexity index is 337. The van der Waals surface area contributed by atoms with Crippen LogP contribution in [0.3, 0.4) is 0 Å². The van der Waals surface area contributed by atoms with E-state index in [1.54, 1.807) is 12.3 Å². The molecule has 4 heteroatoms. The number of nitrogens with two attached hydrogens (primary N) is 1. The zero-order chi connectivity index (χ0) is 10.7. The van der Waals surface area contributed by atoms with Crippen molar-refractivity contribution < 1.29 is 0 Å². The molecular formula is C11H16ClN3. The van der Waals surface area contributed by atoms with Gasteiger partial charge in [0.25, 0.3) is 0 Å². The Hall–Kier alpha value is -0.960. The molecule has 1 aliphatic carbocycles. The molecule has 0 radical (unpaired) electrons. The summed E-state index contributed by atoms with van der Waals surface area (Å²) in [5.41, 5.74) is 6.16. The molecule has 0 atom stereocenters. The van der Waals surface area contributed by atoms with Crippen LogP contribution in [0.2, 0.25) is 5.02 Å². The molecule has 1 fully saturated rings. The molecule has 1 aliphatic rings. The zero-order valence-electron chi connectivity index (χ0n) is 8.67. The van der Waals surface area contributed by atoms with E-state index in [4.69, 9.17) is 17.3 Å². The van der Waals surface area contributed by atoms with Gasteiger partial charge in [-0.25, -0.2) is 4.98 Å². The molecule has 0 amide bonds. The first kappa shape index (κ1) is 10.6. The van der Waals surface area contributed by atoms with Crippen LogP contribution in [0, 0.1) is 5.92 Å². The second-order valence-corrected chi connectivity index (χ2v) is 4.52. The number of rotatable bonds is 4. The van der Waals surface area contributed by atoms with Crippen molar-refractivity contribution in [2.24, 2.45) is 5.92 Å². The van der Waals surface area contributed by atoms with E-state index in [9.17, 15) is 0 Å². The number of nitrogen functional groups attached to an aromatic ring is 1. The van der Waals surface area contributed by atoms with Crippen molar-refractivity contribution in [2.75, 3.05) is 17.6 Å². The number of hydrogen-bond donors (Lipinski definition) is 2. The highest BCUT2D eigenvalue weighted by molar-refractivity contribution is 6.33. The number of pyridine rings is 1. The van der Waals surface area contributed by atoms with Crippen LogP contribution in [-0.2, 0) is 0 Å². The zero-order valence-corrected chi connectivity index (χ0v) is 9.43. The molecule has 3 nitrogen and oxygen atoms in total. The Morgan fingerprint density at radius 3 is 2.93 bits per heavy atom. The summed E-state index contributed by atoms with van der Waals surface area (Å²) >= 11 is 5.99. The fourth-order valence-corrected chi connectivity index (χ4v) is 2.00. The van der Waals surface area contributed by atoms with Gasteiger partial charge in [0.1, 0.15) is 5.82 Å². The number of hydrogen-bond acceptors (Lipinski definition) is 3. The summed E-state index contributed by atoms with van der Waals surface area (Å²) in [5.74, 6) is 1.65. The van der Waals surface area contributed by atoms with E-state index in [0.29, 0.717) is 10.7 Å². The molecule has 0 aliphatic heterocycles. The highest BCUT2D eigenvalue weighted by atomic mass is 35.5. The Morgan fingerprint density at radius 2 is 2.33 bits per heavy atom. The molecule has 0 aromatic carbocycles. The van der Waals surface area contributed by atoms with Crippen LogP contribution in [0.4, 0.5) is 11.5 Å². The molecule has 0 spiro atoms. The summed E-state index contributed by atoms with van der Waals surface area (Å²) in [6.07, 6.45) is 6.99. The Labute approximate surface area is 95.0 Å². The largest absolute Gasteiger partial charge is 0.397 e. The Balaban J connectivity index is 1.81. The predicted molar refractivity (Wildman–Crippen MR) is 64.1 cm³/mol. The lowest BCUT2D eigenvalue weighted by atomic mass is 9.83. The maximum absolute atomic E-state index is 5.99. The standard InChI is InChI=1S/C11H16ClN3/c12-10-6-9(13)7-15-11(10)14-5-4-8-2-1-3-8/h6-8H,1-5,13H2,(H,14,15). The van der Waals surface area contributed by atoms with Crippen LogP contribution in [0.1, 0.15) is 25.7 Å². The summed E-state index contributed by atoms with van der Waals surface area (Å²) in [6.45, 7) is 0.946. The molecule has 0 unspecified atom stereocenters. The lowest BCUT2D eigenvalue weighted by molar-refractivity contribution is 0.303. The van der Waals surface area contributed by atoms with Crippen molar-refractivity contribution in [1.29, 1.82) is 0 Å². The average Bonchev–Trinajstić information content (AvgIpc) is 2.12. The van der Waals surface area contributed by atoms with E-state index in [2.05, 4.69) is 10.3 Å². The second-order valence-electron chi connectivity index (χ2n) is 4.11. The number of halogens is 1. The van der Waals surface area contributed by atoms with Crippen molar-refractivity contribution in [1.82, 2.24) is 4.98 Å². The van der Waals surface area contributed by atoms with Gasteiger partial charge in [-0.05, 0) is 18.4 Å². The van der Waals surface area contributed by atoms with Gasteiger partial charge in [0.05, 0.1) is 16.9 Å². The van der Waals surface area contributed by atoms with E-state index in [1.165, 1.54) is 25.7 Å². The van der Waals surface area contributed by atoms with E-state index in [-0.39, 0.29) is 0 Å². The first-order chi connectivity index (χ1) is 7.25. The third kappa shape index (κ3) is 2.75. The minimum atomic E-state index is 0.601. The fourth-order valence-electron chi connectivity index (χ4n) is 1.76. The van der Waals surface area contributed by atoms with Crippen molar-refractivity contribution in [3.63, 3.8) is 0 Å². The molecule has 82 valence electrons. The molecule has 1 aromatic rings. The Kier molecular flexibility index (Phi) is 3.31. The molecule has 15 heavy (non-hydrogen) atoms. The minimum absolute atomic E-state index is 0.601. The fraction of sp³-hybridized carbons (Fsp3) is 0.545. The average molecular weight is 226 g/mol. The van der Waals surface area contributed by atoms with E-state index in [0.717, 1.165) is 18.3 Å². The van der Waals surface area contributed by atoms with E-state index < -0.39 is 0 Å². The van der Waals surface area contributed by atoms with Crippen LogP contribution < -0.4 is 11.1 Å². The highest BCUT2D eigenvalue weighted by Gasteiger charge is 2.16. The van der Waals surface area contributed by atoms with Gasteiger partial charge in [-0.1, -0.05) is 30.9 Å². The normalized spacial score (nSPS) is 16.1. The molecule has 3 N–H and O–H groups in total. The molecule has 1 saturated carbocycles. The van der Waals surface area contributed by atoms with Gasteiger partial charge in [-0.3, -0.25) is 0 Å². The van der Waals surface area contributed by atoms with E-state index >= 15 is 0 Å². The van der Waals surface area contributed by atoms with Crippen LogP contribution in [0.15, 0.2) is 12.3 Å². The van der Waals surface area contributed by atoms with Crippen molar-refractivity contribution in [3.8, 4) is 0 Å². The second kappa shape index (κ2) is 4.71. The Morgan fingerprint density at radius 1 is 1.53 bits per heavy atom. The maximum Gasteiger partial charge on any atom is 0.144 e. The molecule has 0 bridgehead atoms. The summed E-state index contributed by atoms with van der Waals surface area (Å²) < 4.78 is 0. The molecule has 0 saturated heterocycles. The lowest BCUT2D eigenvalue weighted by Crippen LogP contribution is -2.16. The number of aromatic nitrogens is 1. The smallest absolute Gasteiger partial charge is 0.144 e. The van der Waals surface area contributed by atoms with Gasteiger partial charge < -0.3 is 11.1 Å². The highest BCUT2D eigenvalue weighted by Crippen LogP contribution is 2.29. The monoisotopic (exact) mass is 225 g/mol. The van der Waals surface area contributed by atoms with Crippen molar-refractivity contribution >= 4 is 23.1 Å². The van der Waals surface area contributed by atoms with Gasteiger partial charge in [-0.2, -0.15) is 0 Å². The summed E-state index contributed by atoms with van der Waals surface area (Å²) in [4.78, 5) is 4.15. The summed E-state index contributed by atoms with van der Waals surface area (Å²) in [6, 6.07) is 1.72. The van der Waals surface area contributed by atoms with Crippen LogP contribution in [0.25, 0.3) is 0 Å². The molecule has 1 aromatic heterocycles. The van der Waals surface area contributed by atoms with E-state index in [1.807, 2.05) is 0 Å². The van der Waals surface area contributed by atoms with Crippen LogP contribution in [0.5, 0.6) is 0 Å².